The zero-order valence-corrected chi connectivity index (χ0v) is 9.67. The summed E-state index contributed by atoms with van der Waals surface area (Å²) in [5, 5.41) is 0. The van der Waals surface area contributed by atoms with Crippen molar-refractivity contribution in [3.05, 3.63) is 0 Å². The number of fused-ring (bicyclic) bond motifs is 3. The van der Waals surface area contributed by atoms with E-state index in [9.17, 15) is 0 Å². The summed E-state index contributed by atoms with van der Waals surface area (Å²) in [6.07, 6.45) is 5.73. The molecular formula is C12H25N2+. The third kappa shape index (κ3) is 2.29. The molecule has 0 aromatic carbocycles. The standard InChI is InChI=1S/C12H25N2/c1-2-3-4-5-9-14-10-6-13(7-11-14)8-12-14/h2-12H2,1H3/q+1. The van der Waals surface area contributed by atoms with E-state index in [0.717, 1.165) is 0 Å². The maximum atomic E-state index is 2.63. The highest BCUT2D eigenvalue weighted by atomic mass is 15.4. The Bertz CT molecular complexity index is 157. The summed E-state index contributed by atoms with van der Waals surface area (Å²) < 4.78 is 1.46. The molecule has 0 atom stereocenters. The molecular weight excluding hydrogens is 172 g/mol. The molecule has 0 spiro atoms. The third-order valence-corrected chi connectivity index (χ3v) is 4.16. The van der Waals surface area contributed by atoms with Gasteiger partial charge in [0.1, 0.15) is 0 Å². The SMILES string of the molecule is CCCCCC[N+]12CCN(CC1)CC2. The van der Waals surface area contributed by atoms with E-state index in [1.807, 2.05) is 0 Å². The van der Waals surface area contributed by atoms with Gasteiger partial charge in [-0.05, 0) is 12.8 Å². The zero-order chi connectivity index (χ0) is 9.86. The number of hydrogen-bond acceptors (Lipinski definition) is 1. The lowest BCUT2D eigenvalue weighted by molar-refractivity contribution is -0.941. The van der Waals surface area contributed by atoms with Gasteiger partial charge in [-0.1, -0.05) is 19.8 Å². The molecule has 3 fully saturated rings. The lowest BCUT2D eigenvalue weighted by atomic mass is 10.1. The summed E-state index contributed by atoms with van der Waals surface area (Å²) in [7, 11) is 0. The molecule has 3 aliphatic heterocycles. The molecule has 0 aliphatic carbocycles. The van der Waals surface area contributed by atoms with Crippen LogP contribution < -0.4 is 0 Å². The van der Waals surface area contributed by atoms with Crippen molar-refractivity contribution in [2.75, 3.05) is 45.8 Å². The first kappa shape index (κ1) is 10.4. The van der Waals surface area contributed by atoms with Gasteiger partial charge >= 0.3 is 0 Å². The quantitative estimate of drug-likeness (QED) is 0.479. The maximum Gasteiger partial charge on any atom is 0.0916 e. The molecule has 14 heavy (non-hydrogen) atoms. The largest absolute Gasteiger partial charge is 0.320 e. The Kier molecular flexibility index (Phi) is 3.45. The monoisotopic (exact) mass is 197 g/mol. The van der Waals surface area contributed by atoms with Crippen molar-refractivity contribution in [3.8, 4) is 0 Å². The second kappa shape index (κ2) is 4.63. The molecule has 2 nitrogen and oxygen atoms in total. The Morgan fingerprint density at radius 3 is 2.14 bits per heavy atom. The van der Waals surface area contributed by atoms with Crippen molar-refractivity contribution in [3.63, 3.8) is 0 Å². The predicted molar refractivity (Wildman–Crippen MR) is 60.3 cm³/mol. The van der Waals surface area contributed by atoms with E-state index in [4.69, 9.17) is 0 Å². The van der Waals surface area contributed by atoms with Gasteiger partial charge in [-0.15, -0.1) is 0 Å². The molecule has 3 saturated heterocycles. The predicted octanol–water partition coefficient (Wildman–Crippen LogP) is 1.71. The summed E-state index contributed by atoms with van der Waals surface area (Å²) in [4.78, 5) is 2.63. The first-order chi connectivity index (χ1) is 6.85. The van der Waals surface area contributed by atoms with Crippen LogP contribution in [0.4, 0.5) is 0 Å². The second-order valence-corrected chi connectivity index (χ2v) is 5.14. The number of piperazine rings is 3. The van der Waals surface area contributed by atoms with Gasteiger partial charge in [-0.2, -0.15) is 0 Å². The molecule has 0 N–H and O–H groups in total. The number of nitrogens with zero attached hydrogens (tertiary/aromatic N) is 2. The molecule has 2 heteroatoms. The minimum absolute atomic E-state index is 1.37. The average molecular weight is 197 g/mol. The van der Waals surface area contributed by atoms with Gasteiger partial charge in [-0.25, -0.2) is 0 Å². The maximum absolute atomic E-state index is 2.63. The number of hydrogen-bond donors (Lipinski definition) is 0. The van der Waals surface area contributed by atoms with Gasteiger partial charge in [0.25, 0.3) is 0 Å². The van der Waals surface area contributed by atoms with Crippen LogP contribution in [0.5, 0.6) is 0 Å². The van der Waals surface area contributed by atoms with E-state index in [1.54, 1.807) is 0 Å². The Labute approximate surface area is 88.5 Å². The Morgan fingerprint density at radius 2 is 1.57 bits per heavy atom. The van der Waals surface area contributed by atoms with Crippen LogP contribution in [0.3, 0.4) is 0 Å². The third-order valence-electron chi connectivity index (χ3n) is 4.16. The lowest BCUT2D eigenvalue weighted by Gasteiger charge is -2.50. The van der Waals surface area contributed by atoms with Crippen molar-refractivity contribution in [2.45, 2.75) is 32.6 Å². The van der Waals surface area contributed by atoms with Gasteiger partial charge in [0.2, 0.25) is 0 Å². The number of unbranched alkanes of at least 4 members (excludes halogenated alkanes) is 3. The minimum Gasteiger partial charge on any atom is -0.320 e. The fourth-order valence-electron chi connectivity index (χ4n) is 2.94. The van der Waals surface area contributed by atoms with Crippen molar-refractivity contribution in [1.29, 1.82) is 0 Å². The molecule has 0 aromatic rings. The van der Waals surface area contributed by atoms with Crippen molar-refractivity contribution in [2.24, 2.45) is 0 Å². The topological polar surface area (TPSA) is 3.24 Å². The zero-order valence-electron chi connectivity index (χ0n) is 9.67. The first-order valence-corrected chi connectivity index (χ1v) is 6.42. The van der Waals surface area contributed by atoms with Crippen LogP contribution in [0.15, 0.2) is 0 Å². The molecule has 2 bridgehead atoms. The molecule has 0 aromatic heterocycles. The average Bonchev–Trinajstić information content (AvgIpc) is 2.27. The number of quaternary nitrogens is 1. The van der Waals surface area contributed by atoms with Crippen molar-refractivity contribution >= 4 is 0 Å². The second-order valence-electron chi connectivity index (χ2n) is 5.14. The van der Waals surface area contributed by atoms with Crippen molar-refractivity contribution in [1.82, 2.24) is 4.90 Å². The Hall–Kier alpha value is -0.0800. The van der Waals surface area contributed by atoms with Crippen LogP contribution >= 0.6 is 0 Å². The summed E-state index contributed by atoms with van der Waals surface area (Å²) in [5.41, 5.74) is 0. The van der Waals surface area contributed by atoms with Crippen LogP contribution in [0.2, 0.25) is 0 Å². The number of rotatable bonds is 5. The van der Waals surface area contributed by atoms with Gasteiger partial charge in [0.15, 0.2) is 0 Å². The van der Waals surface area contributed by atoms with E-state index < -0.39 is 0 Å². The molecule has 0 amide bonds. The highest BCUT2D eigenvalue weighted by molar-refractivity contribution is 4.70. The minimum atomic E-state index is 1.37. The fraction of sp³-hybridized carbons (Fsp3) is 1.00. The van der Waals surface area contributed by atoms with Crippen LogP contribution in [0, 0.1) is 0 Å². The summed E-state index contributed by atoms with van der Waals surface area (Å²) in [6, 6.07) is 0. The van der Waals surface area contributed by atoms with Crippen LogP contribution in [-0.4, -0.2) is 55.2 Å². The molecule has 3 heterocycles. The molecule has 3 rings (SSSR count). The van der Waals surface area contributed by atoms with Crippen molar-refractivity contribution < 1.29 is 4.48 Å². The summed E-state index contributed by atoms with van der Waals surface area (Å²) in [6.45, 7) is 12.2. The molecule has 3 aliphatic rings. The van der Waals surface area contributed by atoms with Gasteiger partial charge < -0.3 is 4.48 Å². The Morgan fingerprint density at radius 1 is 0.929 bits per heavy atom. The van der Waals surface area contributed by atoms with Crippen LogP contribution in [0.25, 0.3) is 0 Å². The Balaban J connectivity index is 1.72. The summed E-state index contributed by atoms with van der Waals surface area (Å²) in [5.74, 6) is 0. The first-order valence-electron chi connectivity index (χ1n) is 6.42. The highest BCUT2D eigenvalue weighted by Crippen LogP contribution is 2.20. The van der Waals surface area contributed by atoms with E-state index in [1.165, 1.54) is 76.0 Å². The smallest absolute Gasteiger partial charge is 0.0916 e. The van der Waals surface area contributed by atoms with E-state index in [2.05, 4.69) is 11.8 Å². The van der Waals surface area contributed by atoms with Gasteiger partial charge in [-0.3, -0.25) is 4.90 Å². The fourth-order valence-corrected chi connectivity index (χ4v) is 2.94. The molecule has 0 saturated carbocycles. The highest BCUT2D eigenvalue weighted by Gasteiger charge is 2.37. The normalized spacial score (nSPS) is 36.2. The van der Waals surface area contributed by atoms with E-state index in [0.29, 0.717) is 0 Å². The van der Waals surface area contributed by atoms with E-state index in [-0.39, 0.29) is 0 Å². The molecule has 0 unspecified atom stereocenters. The van der Waals surface area contributed by atoms with Crippen LogP contribution in [-0.2, 0) is 0 Å². The molecule has 0 radical (unpaired) electrons. The van der Waals surface area contributed by atoms with Gasteiger partial charge in [0.05, 0.1) is 26.2 Å². The van der Waals surface area contributed by atoms with Crippen LogP contribution in [0.1, 0.15) is 32.6 Å². The summed E-state index contributed by atoms with van der Waals surface area (Å²) >= 11 is 0. The lowest BCUT2D eigenvalue weighted by Crippen LogP contribution is -2.67. The van der Waals surface area contributed by atoms with E-state index >= 15 is 0 Å². The van der Waals surface area contributed by atoms with Gasteiger partial charge in [0, 0.05) is 19.6 Å². The molecule has 82 valence electrons.